The molecule has 736 valence electrons. The summed E-state index contributed by atoms with van der Waals surface area (Å²) in [5.74, 6) is 13.0. The number of carbonyl (C=O) groups is 6. The second-order valence-electron chi connectivity index (χ2n) is 33.7. The zero-order valence-corrected chi connectivity index (χ0v) is 84.9. The van der Waals surface area contributed by atoms with Crippen molar-refractivity contribution in [3.05, 3.63) is 232 Å². The van der Waals surface area contributed by atoms with Gasteiger partial charge in [-0.15, -0.1) is 70.6 Å². The molecule has 2 saturated heterocycles. The van der Waals surface area contributed by atoms with Crippen LogP contribution in [0, 0.1) is 0 Å². The molecule has 4 N–H and O–H groups in total. The third kappa shape index (κ3) is 28.6. The molecule has 0 saturated carbocycles. The number of hydroxylamine groups is 1. The molecular weight excluding hydrogens is 1870 g/mol. The molecule has 0 aliphatic carbocycles. The molecule has 0 unspecified atom stereocenters. The van der Waals surface area contributed by atoms with Gasteiger partial charge in [-0.2, -0.15) is 0 Å². The molecule has 19 rings (SSSR count). The van der Waals surface area contributed by atoms with Crippen molar-refractivity contribution >= 4 is 107 Å². The Bertz CT molecular complexity index is 5590. The second kappa shape index (κ2) is 52.2. The van der Waals surface area contributed by atoms with Gasteiger partial charge in [0.1, 0.15) is 40.2 Å². The van der Waals surface area contributed by atoms with Gasteiger partial charge in [0.05, 0.1) is 49.3 Å². The average Bonchev–Trinajstić information content (AvgIpc) is 1.64. The molecule has 10 heterocycles. The smallest absolute Gasteiger partial charge is 0.341 e. The highest BCUT2D eigenvalue weighted by Gasteiger charge is 2.32. The minimum atomic E-state index is -0.471. The van der Waals surface area contributed by atoms with E-state index in [4.69, 9.17) is 47.8 Å². The quantitative estimate of drug-likeness (QED) is 0.0582. The van der Waals surface area contributed by atoms with Crippen LogP contribution in [-0.2, 0) is 65.3 Å². The SMILES string of the molecule is CCN(CC)C(=O)N1CCSc2ccc(OC)cc2C1.COc1ccc2c(c1)CN(C(=O)N1CCCCC1)CCS2.COc1ccc2c(c1)CN(C(=O)N1CCN(Cc3ccc4c(c3)OCO4)CC1)CCS2.COc1ccc2c(c1)CN(C(=O)NCc1ccc3c(c1)CCO3)CCS2.COc1ccc2c(c1)CN(C(=O)NCc1ccccc1)CCS2.COc1ccc2c(c1)CN(C(=O)NO)CCS2. The Hall–Kier alpha value is -11.2. The summed E-state index contributed by atoms with van der Waals surface area (Å²) in [6, 6.07) is 58.5. The molecule has 10 aliphatic heterocycles. The minimum absolute atomic E-state index is 0.0230. The maximum Gasteiger partial charge on any atom is 0.341 e. The number of methoxy groups -OCH3 is 6. The van der Waals surface area contributed by atoms with Crippen LogP contribution in [0.5, 0.6) is 51.7 Å². The number of hydrogen-bond donors (Lipinski definition) is 4. The Kier molecular flexibility index (Phi) is 38.8. The van der Waals surface area contributed by atoms with Crippen molar-refractivity contribution in [1.82, 2.24) is 65.1 Å². The monoisotopic (exact) mass is 1990 g/mol. The van der Waals surface area contributed by atoms with E-state index in [1.165, 1.54) is 53.2 Å². The first-order valence-electron chi connectivity index (χ1n) is 46.9. The number of benzene rings is 9. The van der Waals surface area contributed by atoms with Crippen molar-refractivity contribution in [3.8, 4) is 51.7 Å². The van der Waals surface area contributed by atoms with E-state index in [0.717, 1.165) is 242 Å². The molecule has 0 radical (unpaired) electrons. The number of likely N-dealkylation sites (tertiary alicyclic amines) is 1. The number of fused-ring (bicyclic) bond motifs is 8. The van der Waals surface area contributed by atoms with Gasteiger partial charge in [-0.3, -0.25) is 10.1 Å². The number of carbonyl (C=O) groups excluding carboxylic acids is 6. The lowest BCUT2D eigenvalue weighted by molar-refractivity contribution is 0.109. The largest absolute Gasteiger partial charge is 0.497 e. The van der Waals surface area contributed by atoms with E-state index in [1.807, 2.05) is 204 Å². The molecule has 2 fully saturated rings. The number of amides is 12. The Morgan fingerprint density at radius 1 is 0.341 bits per heavy atom. The van der Waals surface area contributed by atoms with E-state index >= 15 is 0 Å². The van der Waals surface area contributed by atoms with Crippen LogP contribution in [0.25, 0.3) is 0 Å². The summed E-state index contributed by atoms with van der Waals surface area (Å²) in [4.78, 5) is 102. The van der Waals surface area contributed by atoms with Crippen molar-refractivity contribution < 1.29 is 76.6 Å². The minimum Gasteiger partial charge on any atom is -0.497 e. The third-order valence-electron chi connectivity index (χ3n) is 24.9. The van der Waals surface area contributed by atoms with Crippen LogP contribution >= 0.6 is 70.6 Å². The van der Waals surface area contributed by atoms with Gasteiger partial charge >= 0.3 is 36.2 Å². The summed E-state index contributed by atoms with van der Waals surface area (Å²) in [7, 11) is 9.97. The van der Waals surface area contributed by atoms with Crippen LogP contribution < -0.4 is 58.7 Å². The summed E-state index contributed by atoms with van der Waals surface area (Å²) in [6.07, 6.45) is 4.47. The lowest BCUT2D eigenvalue weighted by Gasteiger charge is -2.37. The first kappa shape index (κ1) is 103. The van der Waals surface area contributed by atoms with E-state index in [0.29, 0.717) is 65.7 Å². The predicted octanol–water partition coefficient (Wildman–Crippen LogP) is 18.2. The van der Waals surface area contributed by atoms with Gasteiger partial charge in [-0.25, -0.2) is 34.2 Å². The van der Waals surface area contributed by atoms with Gasteiger partial charge in [0, 0.05) is 221 Å². The lowest BCUT2D eigenvalue weighted by Crippen LogP contribution is -2.52. The van der Waals surface area contributed by atoms with Gasteiger partial charge in [0.2, 0.25) is 6.79 Å². The summed E-state index contributed by atoms with van der Waals surface area (Å²) >= 11 is 10.7. The zero-order chi connectivity index (χ0) is 96.7. The number of hydrogen-bond acceptors (Lipinski definition) is 23. The number of urea groups is 6. The molecule has 9 aromatic carbocycles. The van der Waals surface area contributed by atoms with Gasteiger partial charge in [0.15, 0.2) is 11.5 Å². The van der Waals surface area contributed by atoms with Crippen molar-refractivity contribution in [1.29, 1.82) is 0 Å². The van der Waals surface area contributed by atoms with Gasteiger partial charge in [0.25, 0.3) is 0 Å². The van der Waals surface area contributed by atoms with Gasteiger partial charge < -0.3 is 97.4 Å². The Balaban J connectivity index is 0.000000134. The Morgan fingerprint density at radius 3 is 1.12 bits per heavy atom. The maximum absolute atomic E-state index is 13.2. The van der Waals surface area contributed by atoms with Crippen LogP contribution in [0.1, 0.15) is 88.7 Å². The highest BCUT2D eigenvalue weighted by Crippen LogP contribution is 2.40. The molecule has 138 heavy (non-hydrogen) atoms. The molecule has 0 aromatic heterocycles. The van der Waals surface area contributed by atoms with E-state index in [2.05, 4.69) is 76.2 Å². The fourth-order valence-corrected chi connectivity index (χ4v) is 23.2. The fourth-order valence-electron chi connectivity index (χ4n) is 17.2. The first-order valence-corrected chi connectivity index (χ1v) is 52.8. The summed E-state index contributed by atoms with van der Waals surface area (Å²) in [5.41, 5.74) is 13.2. The summed E-state index contributed by atoms with van der Waals surface area (Å²) in [5, 5.41) is 14.7. The van der Waals surface area contributed by atoms with Crippen LogP contribution in [0.3, 0.4) is 0 Å². The van der Waals surface area contributed by atoms with Crippen molar-refractivity contribution in [3.63, 3.8) is 0 Å². The predicted molar refractivity (Wildman–Crippen MR) is 546 cm³/mol. The topological polar surface area (TPSA) is 274 Å². The molecule has 12 amide bonds. The number of rotatable bonds is 14. The van der Waals surface area contributed by atoms with E-state index < -0.39 is 6.03 Å². The molecular formula is C103H127N13O16S6. The highest BCUT2D eigenvalue weighted by molar-refractivity contribution is 8.00. The van der Waals surface area contributed by atoms with Crippen LogP contribution in [0.4, 0.5) is 28.8 Å². The number of thioether (sulfide) groups is 6. The van der Waals surface area contributed by atoms with Crippen LogP contribution in [0.2, 0.25) is 0 Å². The molecule has 0 spiro atoms. The Morgan fingerprint density at radius 2 is 0.703 bits per heavy atom. The number of piperidine rings is 1. The zero-order valence-electron chi connectivity index (χ0n) is 80.0. The summed E-state index contributed by atoms with van der Waals surface area (Å²) < 4.78 is 48.2. The molecule has 10 aliphatic rings. The molecule has 29 nitrogen and oxygen atoms in total. The molecule has 0 bridgehead atoms. The van der Waals surface area contributed by atoms with Crippen molar-refractivity contribution in [2.45, 2.75) is 128 Å². The maximum atomic E-state index is 13.2. The van der Waals surface area contributed by atoms with Crippen molar-refractivity contribution in [2.75, 3.05) is 182 Å². The number of nitrogens with zero attached hydrogens (tertiary/aromatic N) is 10. The van der Waals surface area contributed by atoms with Gasteiger partial charge in [-0.1, -0.05) is 48.5 Å². The third-order valence-corrected chi connectivity index (χ3v) is 31.5. The Labute approximate surface area is 835 Å². The average molecular weight is 2000 g/mol. The van der Waals surface area contributed by atoms with E-state index in [1.54, 1.807) is 88.3 Å². The van der Waals surface area contributed by atoms with Crippen LogP contribution in [-0.4, -0.2) is 273 Å². The van der Waals surface area contributed by atoms with E-state index in [-0.39, 0.29) is 30.2 Å². The number of ether oxygens (including phenoxy) is 9. The van der Waals surface area contributed by atoms with E-state index in [9.17, 15) is 28.8 Å². The molecule has 0 atom stereocenters. The molecule has 9 aromatic rings. The van der Waals surface area contributed by atoms with Gasteiger partial charge in [-0.05, 0) is 216 Å². The van der Waals surface area contributed by atoms with Crippen molar-refractivity contribution in [2.24, 2.45) is 0 Å². The number of nitrogens with one attached hydrogen (secondary N) is 3. The number of piperazine rings is 1. The standard InChI is InChI=1S/C23H27N3O4S.C20H22N2O3S.C18H20N2O2S.C16H22N2O2S.C15H22N2O2S.C11H14N2O3S/c1-28-19-3-5-22-18(13-19)15-26(10-11-31-22)23(27)25-8-6-24(7-9-25)14-17-2-4-20-21(12-17)30-16-29-20;1-24-17-3-5-19-16(11-17)13-22(7-9-26-19)20(23)21-12-14-2-4-18-15(10-14)6-8-25-18;1-22-16-7-8-17-15(11-16)13-20(9-10-23-17)18(21)19-12-14-5-3-2-4-6-14;1-20-14-5-6-15-13(11-14)12-18(9-10-21-15)16(19)17-7-3-2-4-8-17;1-4-16(5-2)15(18)17-8-9-20-14-7-6-13(19-3)10-12(14)11-17;1-16-9-2-3-10-8(6-9)7-13(4-5-17-10)11(14)12-15/h2-5,12-13H,6-11,14-16H2,1H3;2-5,10-11H,6-9,12-13H2,1H3,(H,21,23);2-8,11H,9-10,12-13H2,1H3,(H,19,21);5-6,11H,2-4,7-10,12H2,1H3;6-7,10H,4-5,8-9,11H2,1-3H3;2-3,6,15H,4-5,7H2,1H3,(H,12,14). The fraction of sp³-hybridized carbons (Fsp3) is 0.417. The lowest BCUT2D eigenvalue weighted by atomic mass is 10.1. The van der Waals surface area contributed by atoms with Crippen LogP contribution in [0.15, 0.2) is 205 Å². The molecule has 35 heteroatoms. The second-order valence-corrected chi connectivity index (χ2v) is 40.6. The normalized spacial score (nSPS) is 16.2. The summed E-state index contributed by atoms with van der Waals surface area (Å²) in [6.45, 7) is 21.7. The highest BCUT2D eigenvalue weighted by atomic mass is 32.2. The first-order chi connectivity index (χ1) is 67.4.